The molecule has 0 unspecified atom stereocenters. The van der Waals surface area contributed by atoms with E-state index in [1.807, 2.05) is 6.07 Å². The summed E-state index contributed by atoms with van der Waals surface area (Å²) in [5.74, 6) is 0.916. The average molecular weight is 382 g/mol. The number of aromatic amines is 1. The van der Waals surface area contributed by atoms with Crippen molar-refractivity contribution in [1.29, 1.82) is 0 Å². The molecular formula is C16H19IN2O. The van der Waals surface area contributed by atoms with E-state index >= 15 is 0 Å². The fraction of sp³-hybridized carbons (Fsp3) is 0.375. The fourth-order valence-corrected chi connectivity index (χ4v) is 3.72. The van der Waals surface area contributed by atoms with Gasteiger partial charge in [0.25, 0.3) is 0 Å². The number of rotatable bonds is 4. The summed E-state index contributed by atoms with van der Waals surface area (Å²) in [6.45, 7) is 6.35. The van der Waals surface area contributed by atoms with Crippen molar-refractivity contribution in [3.63, 3.8) is 0 Å². The Morgan fingerprint density at radius 3 is 3.00 bits per heavy atom. The SMILES string of the molecule is C=C1CCCN1CCc1c(I)[nH]c2ccc(OC)cc12. The molecule has 1 aliphatic heterocycles. The van der Waals surface area contributed by atoms with Gasteiger partial charge < -0.3 is 14.6 Å². The first kappa shape index (κ1) is 13.8. The van der Waals surface area contributed by atoms with Crippen LogP contribution in [0.25, 0.3) is 10.9 Å². The number of likely N-dealkylation sites (tertiary alicyclic amines) is 1. The van der Waals surface area contributed by atoms with Crippen LogP contribution in [0, 0.1) is 3.70 Å². The second-order valence-electron chi connectivity index (χ2n) is 5.24. The van der Waals surface area contributed by atoms with Gasteiger partial charge in [-0.1, -0.05) is 6.58 Å². The van der Waals surface area contributed by atoms with Crippen LogP contribution >= 0.6 is 22.6 Å². The van der Waals surface area contributed by atoms with Crippen LogP contribution in [0.15, 0.2) is 30.5 Å². The smallest absolute Gasteiger partial charge is 0.119 e. The van der Waals surface area contributed by atoms with Gasteiger partial charge in [-0.05, 0) is 65.6 Å². The summed E-state index contributed by atoms with van der Waals surface area (Å²) in [4.78, 5) is 5.87. The van der Waals surface area contributed by atoms with Gasteiger partial charge in [-0.2, -0.15) is 0 Å². The van der Waals surface area contributed by atoms with Crippen LogP contribution in [0.5, 0.6) is 5.75 Å². The lowest BCUT2D eigenvalue weighted by Crippen LogP contribution is -2.20. The number of fused-ring (bicyclic) bond motifs is 1. The highest BCUT2D eigenvalue weighted by Gasteiger charge is 2.16. The summed E-state index contributed by atoms with van der Waals surface area (Å²) in [6.07, 6.45) is 3.45. The van der Waals surface area contributed by atoms with Gasteiger partial charge in [-0.25, -0.2) is 0 Å². The molecule has 0 radical (unpaired) electrons. The molecule has 4 heteroatoms. The van der Waals surface area contributed by atoms with Gasteiger partial charge in [0.2, 0.25) is 0 Å². The van der Waals surface area contributed by atoms with Gasteiger partial charge in [-0.15, -0.1) is 0 Å². The number of nitrogens with one attached hydrogen (secondary N) is 1. The third-order valence-electron chi connectivity index (χ3n) is 4.03. The van der Waals surface area contributed by atoms with Crippen molar-refractivity contribution in [2.75, 3.05) is 20.2 Å². The van der Waals surface area contributed by atoms with Crippen molar-refractivity contribution in [3.05, 3.63) is 39.7 Å². The molecule has 0 aliphatic carbocycles. The monoisotopic (exact) mass is 382 g/mol. The number of benzene rings is 1. The summed E-state index contributed by atoms with van der Waals surface area (Å²) in [6, 6.07) is 6.22. The molecule has 1 aromatic heterocycles. The molecule has 2 aromatic rings. The summed E-state index contributed by atoms with van der Waals surface area (Å²) in [5.41, 5.74) is 3.86. The fourth-order valence-electron chi connectivity index (χ4n) is 2.87. The lowest BCUT2D eigenvalue weighted by molar-refractivity contribution is 0.399. The summed E-state index contributed by atoms with van der Waals surface area (Å²) in [7, 11) is 1.71. The highest BCUT2D eigenvalue weighted by molar-refractivity contribution is 14.1. The highest BCUT2D eigenvalue weighted by atomic mass is 127. The lowest BCUT2D eigenvalue weighted by Gasteiger charge is -2.18. The Bertz CT molecular complexity index is 647. The van der Waals surface area contributed by atoms with E-state index in [2.05, 4.69) is 51.2 Å². The Morgan fingerprint density at radius 2 is 2.30 bits per heavy atom. The quantitative estimate of drug-likeness (QED) is 0.812. The minimum absolute atomic E-state index is 0.916. The van der Waals surface area contributed by atoms with Gasteiger partial charge in [0, 0.05) is 29.7 Å². The molecule has 3 nitrogen and oxygen atoms in total. The van der Waals surface area contributed by atoms with Crippen molar-refractivity contribution in [1.82, 2.24) is 9.88 Å². The number of halogens is 1. The second kappa shape index (κ2) is 5.68. The maximum atomic E-state index is 5.34. The minimum atomic E-state index is 0.916. The number of ether oxygens (including phenoxy) is 1. The largest absolute Gasteiger partial charge is 0.497 e. The van der Waals surface area contributed by atoms with Gasteiger partial charge in [-0.3, -0.25) is 0 Å². The van der Waals surface area contributed by atoms with Crippen molar-refractivity contribution in [2.24, 2.45) is 0 Å². The highest BCUT2D eigenvalue weighted by Crippen LogP contribution is 2.29. The molecule has 2 heterocycles. The Hall–Kier alpha value is -1.17. The molecule has 0 spiro atoms. The number of hydrogen-bond donors (Lipinski definition) is 1. The molecule has 1 aliphatic rings. The number of aromatic nitrogens is 1. The zero-order valence-corrected chi connectivity index (χ0v) is 13.9. The van der Waals surface area contributed by atoms with E-state index in [4.69, 9.17) is 4.74 Å². The number of nitrogens with zero attached hydrogens (tertiary/aromatic N) is 1. The molecule has 1 fully saturated rings. The van der Waals surface area contributed by atoms with Gasteiger partial charge in [0.15, 0.2) is 0 Å². The average Bonchev–Trinajstić information content (AvgIpc) is 2.99. The first-order valence-electron chi connectivity index (χ1n) is 6.96. The maximum Gasteiger partial charge on any atom is 0.119 e. The van der Waals surface area contributed by atoms with E-state index in [9.17, 15) is 0 Å². The van der Waals surface area contributed by atoms with Gasteiger partial charge >= 0.3 is 0 Å². The number of hydrogen-bond acceptors (Lipinski definition) is 2. The predicted octanol–water partition coefficient (Wildman–Crippen LogP) is 3.93. The third kappa shape index (κ3) is 2.53. The molecule has 0 saturated carbocycles. The van der Waals surface area contributed by atoms with Crippen LogP contribution in [-0.2, 0) is 6.42 Å². The van der Waals surface area contributed by atoms with Crippen molar-refractivity contribution in [3.8, 4) is 5.75 Å². The number of methoxy groups -OCH3 is 1. The van der Waals surface area contributed by atoms with E-state index in [0.29, 0.717) is 0 Å². The molecule has 0 atom stereocenters. The van der Waals surface area contributed by atoms with Crippen LogP contribution in [0.3, 0.4) is 0 Å². The van der Waals surface area contributed by atoms with Crippen LogP contribution < -0.4 is 4.74 Å². The summed E-state index contributed by atoms with van der Waals surface area (Å²) < 4.78 is 6.57. The molecule has 106 valence electrons. The first-order chi connectivity index (χ1) is 9.69. The third-order valence-corrected chi connectivity index (χ3v) is 4.95. The maximum absolute atomic E-state index is 5.34. The zero-order valence-electron chi connectivity index (χ0n) is 11.7. The molecule has 0 bridgehead atoms. The molecule has 1 saturated heterocycles. The van der Waals surface area contributed by atoms with Crippen LogP contribution in [0.2, 0.25) is 0 Å². The topological polar surface area (TPSA) is 28.3 Å². The van der Waals surface area contributed by atoms with Crippen LogP contribution in [-0.4, -0.2) is 30.1 Å². The van der Waals surface area contributed by atoms with Gasteiger partial charge in [0.05, 0.1) is 10.8 Å². The van der Waals surface area contributed by atoms with E-state index in [0.717, 1.165) is 31.7 Å². The Kier molecular flexibility index (Phi) is 3.92. The standard InChI is InChI=1S/C16H19IN2O/c1-11-4-3-8-19(11)9-7-13-14-10-12(20-2)5-6-15(14)18-16(13)17/h5-6,10,18H,1,3-4,7-9H2,2H3. The summed E-state index contributed by atoms with van der Waals surface area (Å²) >= 11 is 2.39. The lowest BCUT2D eigenvalue weighted by atomic mass is 10.1. The minimum Gasteiger partial charge on any atom is -0.497 e. The molecule has 1 N–H and O–H groups in total. The molecule has 0 amide bonds. The molecule has 1 aromatic carbocycles. The molecule has 3 rings (SSSR count). The van der Waals surface area contributed by atoms with E-state index in [1.165, 1.54) is 32.3 Å². The first-order valence-corrected chi connectivity index (χ1v) is 8.03. The van der Waals surface area contributed by atoms with Crippen LogP contribution in [0.1, 0.15) is 18.4 Å². The molecular weight excluding hydrogens is 363 g/mol. The normalized spacial score (nSPS) is 15.3. The Labute approximate surface area is 133 Å². The predicted molar refractivity (Wildman–Crippen MR) is 91.2 cm³/mol. The number of allylic oxidation sites excluding steroid dienone is 1. The number of H-pyrrole nitrogens is 1. The van der Waals surface area contributed by atoms with Crippen molar-refractivity contribution >= 4 is 33.5 Å². The second-order valence-corrected chi connectivity index (χ2v) is 6.31. The molecule has 20 heavy (non-hydrogen) atoms. The van der Waals surface area contributed by atoms with Crippen molar-refractivity contribution < 1.29 is 4.74 Å². The Balaban J connectivity index is 1.86. The van der Waals surface area contributed by atoms with Crippen LogP contribution in [0.4, 0.5) is 0 Å². The van der Waals surface area contributed by atoms with E-state index < -0.39 is 0 Å². The summed E-state index contributed by atoms with van der Waals surface area (Å²) in [5, 5.41) is 1.28. The van der Waals surface area contributed by atoms with E-state index in [-0.39, 0.29) is 0 Å². The van der Waals surface area contributed by atoms with E-state index in [1.54, 1.807) is 7.11 Å². The van der Waals surface area contributed by atoms with Crippen molar-refractivity contribution in [2.45, 2.75) is 19.3 Å². The zero-order chi connectivity index (χ0) is 14.1. The Morgan fingerprint density at radius 1 is 1.45 bits per heavy atom. The van der Waals surface area contributed by atoms with Gasteiger partial charge in [0.1, 0.15) is 5.75 Å².